The lowest BCUT2D eigenvalue weighted by Gasteiger charge is -2.24. The van der Waals surface area contributed by atoms with Gasteiger partial charge in [0.15, 0.2) is 0 Å². The van der Waals surface area contributed by atoms with E-state index in [0.29, 0.717) is 22.9 Å². The number of aromatic nitrogens is 1. The van der Waals surface area contributed by atoms with E-state index in [0.717, 1.165) is 32.7 Å². The number of para-hydroxylation sites is 2. The van der Waals surface area contributed by atoms with E-state index in [1.54, 1.807) is 42.5 Å². The molecule has 0 saturated heterocycles. The SMILES string of the molecule is CCn1c2ccccc2c2cc(NC(=O)CN(c3ccc(Oc4ccccc4)cc3)S(=O)(=O)c3ccccc3)ccc21. The number of aryl methyl sites for hydroxylation is 1. The summed E-state index contributed by atoms with van der Waals surface area (Å²) in [6, 6.07) is 38.0. The molecule has 6 rings (SSSR count). The van der Waals surface area contributed by atoms with Crippen LogP contribution in [-0.2, 0) is 21.4 Å². The number of hydrogen-bond acceptors (Lipinski definition) is 4. The molecule has 0 spiro atoms. The molecule has 0 aliphatic rings. The number of nitrogens with one attached hydrogen (secondary N) is 1. The fourth-order valence-electron chi connectivity index (χ4n) is 5.14. The van der Waals surface area contributed by atoms with Crippen LogP contribution in [0.4, 0.5) is 11.4 Å². The number of ether oxygens (including phenoxy) is 1. The van der Waals surface area contributed by atoms with Crippen molar-refractivity contribution in [3.63, 3.8) is 0 Å². The summed E-state index contributed by atoms with van der Waals surface area (Å²) in [6.45, 7) is 2.51. The Bertz CT molecular complexity index is 1970. The summed E-state index contributed by atoms with van der Waals surface area (Å²) in [5.74, 6) is 0.751. The highest BCUT2D eigenvalue weighted by molar-refractivity contribution is 7.92. The summed E-state index contributed by atoms with van der Waals surface area (Å²) >= 11 is 0. The Morgan fingerprint density at radius 2 is 1.36 bits per heavy atom. The number of hydrogen-bond donors (Lipinski definition) is 1. The Hall–Kier alpha value is -5.08. The standard InChI is InChI=1S/C34H29N3O4S/c1-2-36-32-16-10-9-15-30(32)31-23-25(17-22-33(31)36)35-34(38)24-37(42(39,40)29-13-7-4-8-14-29)26-18-20-28(21-19-26)41-27-11-5-3-6-12-27/h3-23H,2,24H2,1H3,(H,35,38). The molecule has 8 heteroatoms. The summed E-state index contributed by atoms with van der Waals surface area (Å²) < 4.78 is 36.7. The van der Waals surface area contributed by atoms with Gasteiger partial charge in [0.25, 0.3) is 10.0 Å². The van der Waals surface area contributed by atoms with E-state index in [-0.39, 0.29) is 4.90 Å². The molecule has 1 amide bonds. The van der Waals surface area contributed by atoms with Crippen LogP contribution >= 0.6 is 0 Å². The van der Waals surface area contributed by atoms with Crippen molar-refractivity contribution in [2.75, 3.05) is 16.2 Å². The van der Waals surface area contributed by atoms with E-state index in [2.05, 4.69) is 28.9 Å². The summed E-state index contributed by atoms with van der Waals surface area (Å²) in [6.07, 6.45) is 0. The first kappa shape index (κ1) is 27.1. The minimum atomic E-state index is -4.05. The molecule has 5 aromatic carbocycles. The summed E-state index contributed by atoms with van der Waals surface area (Å²) in [7, 11) is -4.05. The second-order valence-electron chi connectivity index (χ2n) is 9.78. The average Bonchev–Trinajstić information content (AvgIpc) is 3.34. The van der Waals surface area contributed by atoms with Crippen molar-refractivity contribution < 1.29 is 17.9 Å². The Kier molecular flexibility index (Phi) is 7.37. The van der Waals surface area contributed by atoms with Gasteiger partial charge in [0.2, 0.25) is 5.91 Å². The number of carbonyl (C=O) groups is 1. The molecule has 0 unspecified atom stereocenters. The number of sulfonamides is 1. The maximum Gasteiger partial charge on any atom is 0.264 e. The van der Waals surface area contributed by atoms with Crippen LogP contribution in [0.15, 0.2) is 132 Å². The lowest BCUT2D eigenvalue weighted by Crippen LogP contribution is -2.38. The number of fused-ring (bicyclic) bond motifs is 3. The second kappa shape index (κ2) is 11.4. The highest BCUT2D eigenvalue weighted by atomic mass is 32.2. The van der Waals surface area contributed by atoms with Crippen LogP contribution in [-0.4, -0.2) is 25.4 Å². The molecular weight excluding hydrogens is 546 g/mol. The summed E-state index contributed by atoms with van der Waals surface area (Å²) in [5.41, 5.74) is 3.13. The van der Waals surface area contributed by atoms with Gasteiger partial charge in [-0.1, -0.05) is 54.6 Å². The maximum absolute atomic E-state index is 13.8. The normalized spacial score (nSPS) is 11.5. The zero-order valence-corrected chi connectivity index (χ0v) is 23.8. The maximum atomic E-state index is 13.8. The van der Waals surface area contributed by atoms with E-state index in [1.165, 1.54) is 12.1 Å². The Balaban J connectivity index is 1.29. The van der Waals surface area contributed by atoms with Crippen molar-refractivity contribution in [2.45, 2.75) is 18.4 Å². The first-order chi connectivity index (χ1) is 20.4. The highest BCUT2D eigenvalue weighted by Crippen LogP contribution is 2.32. The van der Waals surface area contributed by atoms with Crippen molar-refractivity contribution in [2.24, 2.45) is 0 Å². The Morgan fingerprint density at radius 1 is 0.738 bits per heavy atom. The van der Waals surface area contributed by atoms with E-state index in [4.69, 9.17) is 4.74 Å². The number of carbonyl (C=O) groups excluding carboxylic acids is 1. The van der Waals surface area contributed by atoms with E-state index in [9.17, 15) is 13.2 Å². The van der Waals surface area contributed by atoms with Gasteiger partial charge < -0.3 is 14.6 Å². The van der Waals surface area contributed by atoms with Crippen molar-refractivity contribution in [3.05, 3.63) is 127 Å². The third-order valence-corrected chi connectivity index (χ3v) is 8.88. The van der Waals surface area contributed by atoms with Gasteiger partial charge >= 0.3 is 0 Å². The highest BCUT2D eigenvalue weighted by Gasteiger charge is 2.27. The molecule has 0 bridgehead atoms. The van der Waals surface area contributed by atoms with Gasteiger partial charge in [-0.2, -0.15) is 0 Å². The van der Waals surface area contributed by atoms with Crippen LogP contribution in [0, 0.1) is 0 Å². The lowest BCUT2D eigenvalue weighted by molar-refractivity contribution is -0.114. The third-order valence-electron chi connectivity index (χ3n) is 7.09. The van der Waals surface area contributed by atoms with E-state index < -0.39 is 22.5 Å². The number of anilines is 2. The van der Waals surface area contributed by atoms with Crippen LogP contribution in [0.2, 0.25) is 0 Å². The molecule has 0 saturated carbocycles. The summed E-state index contributed by atoms with van der Waals surface area (Å²) in [5, 5.41) is 5.03. The molecule has 1 aromatic heterocycles. The molecule has 0 aliphatic heterocycles. The lowest BCUT2D eigenvalue weighted by atomic mass is 10.1. The first-order valence-corrected chi connectivity index (χ1v) is 15.1. The third kappa shape index (κ3) is 5.32. The van der Waals surface area contributed by atoms with Gasteiger partial charge in [-0.15, -0.1) is 0 Å². The molecule has 210 valence electrons. The van der Waals surface area contributed by atoms with E-state index >= 15 is 0 Å². The van der Waals surface area contributed by atoms with Crippen molar-refractivity contribution >= 4 is 49.1 Å². The fourth-order valence-corrected chi connectivity index (χ4v) is 6.58. The van der Waals surface area contributed by atoms with Gasteiger partial charge in [-0.25, -0.2) is 8.42 Å². The number of benzene rings is 5. The van der Waals surface area contributed by atoms with Crippen LogP contribution in [0.3, 0.4) is 0 Å². The minimum Gasteiger partial charge on any atom is -0.457 e. The van der Waals surface area contributed by atoms with E-state index in [1.807, 2.05) is 60.7 Å². The molecule has 7 nitrogen and oxygen atoms in total. The first-order valence-electron chi connectivity index (χ1n) is 13.7. The van der Waals surface area contributed by atoms with Gasteiger partial charge in [0.05, 0.1) is 10.6 Å². The number of rotatable bonds is 9. The second-order valence-corrected chi connectivity index (χ2v) is 11.6. The number of amides is 1. The Labute approximate surface area is 244 Å². The van der Waals surface area contributed by atoms with Crippen molar-refractivity contribution in [3.8, 4) is 11.5 Å². The molecule has 1 heterocycles. The quantitative estimate of drug-likeness (QED) is 0.194. The van der Waals surface area contributed by atoms with Gasteiger partial charge in [-0.05, 0) is 79.7 Å². The van der Waals surface area contributed by atoms with Crippen molar-refractivity contribution in [1.82, 2.24) is 4.57 Å². The summed E-state index contributed by atoms with van der Waals surface area (Å²) in [4.78, 5) is 13.5. The van der Waals surface area contributed by atoms with Crippen LogP contribution in [0.1, 0.15) is 6.92 Å². The molecule has 0 radical (unpaired) electrons. The molecule has 6 aromatic rings. The van der Waals surface area contributed by atoms with Gasteiger partial charge in [0, 0.05) is 34.0 Å². The molecular formula is C34H29N3O4S. The van der Waals surface area contributed by atoms with Crippen LogP contribution in [0.25, 0.3) is 21.8 Å². The molecule has 42 heavy (non-hydrogen) atoms. The number of nitrogens with zero attached hydrogens (tertiary/aromatic N) is 2. The molecule has 1 N–H and O–H groups in total. The smallest absolute Gasteiger partial charge is 0.264 e. The predicted octanol–water partition coefficient (Wildman–Crippen LogP) is 7.44. The van der Waals surface area contributed by atoms with Gasteiger partial charge in [-0.3, -0.25) is 9.10 Å². The molecule has 0 fully saturated rings. The van der Waals surface area contributed by atoms with Crippen LogP contribution in [0.5, 0.6) is 11.5 Å². The Morgan fingerprint density at radius 3 is 2.07 bits per heavy atom. The zero-order chi connectivity index (χ0) is 29.1. The van der Waals surface area contributed by atoms with Crippen molar-refractivity contribution in [1.29, 1.82) is 0 Å². The largest absolute Gasteiger partial charge is 0.457 e. The minimum absolute atomic E-state index is 0.0937. The topological polar surface area (TPSA) is 80.6 Å². The fraction of sp³-hybridized carbons (Fsp3) is 0.0882. The average molecular weight is 576 g/mol. The zero-order valence-electron chi connectivity index (χ0n) is 23.0. The van der Waals surface area contributed by atoms with Crippen LogP contribution < -0.4 is 14.4 Å². The van der Waals surface area contributed by atoms with Gasteiger partial charge in [0.1, 0.15) is 18.0 Å². The molecule has 0 atom stereocenters. The monoisotopic (exact) mass is 575 g/mol. The molecule has 0 aliphatic carbocycles. The predicted molar refractivity (Wildman–Crippen MR) is 168 cm³/mol.